The summed E-state index contributed by atoms with van der Waals surface area (Å²) < 4.78 is 67.1. The number of hydrogen-bond acceptors (Lipinski definition) is 4. The summed E-state index contributed by atoms with van der Waals surface area (Å²) in [5, 5.41) is 7.12. The van der Waals surface area contributed by atoms with E-state index in [9.17, 15) is 18.0 Å². The molecule has 168 valence electrons. The summed E-state index contributed by atoms with van der Waals surface area (Å²) in [4.78, 5) is 24.4. The van der Waals surface area contributed by atoms with E-state index >= 15 is 8.78 Å². The number of hydrogen-bond donors (Lipinski definition) is 1. The number of fused-ring (bicyclic) bond motifs is 1. The molecule has 0 bridgehead atoms. The van der Waals surface area contributed by atoms with Gasteiger partial charge in [0.05, 0.1) is 13.7 Å². The molecule has 0 unspecified atom stereocenters. The molecule has 2 aliphatic rings. The second-order valence-corrected chi connectivity index (χ2v) is 7.29. The molecule has 6 nitrogen and oxygen atoms in total. The number of halogens is 5. The summed E-state index contributed by atoms with van der Waals surface area (Å²) in [7, 11) is 1.56. The van der Waals surface area contributed by atoms with Gasteiger partial charge in [0, 0.05) is 19.6 Å². The molecule has 0 aromatic heterocycles. The largest absolute Gasteiger partial charge is 0.497 e. The number of nitrogens with zero attached hydrogens (tertiary/aromatic N) is 2. The van der Waals surface area contributed by atoms with Crippen LogP contribution in [0.15, 0.2) is 24.3 Å². The molecule has 1 amide bonds. The van der Waals surface area contributed by atoms with Gasteiger partial charge in [0.15, 0.2) is 5.67 Å². The van der Waals surface area contributed by atoms with Crippen LogP contribution in [0.2, 0.25) is 0 Å². The number of benzene rings is 1. The highest BCUT2D eigenvalue weighted by atomic mass is 19.4. The highest BCUT2D eigenvalue weighted by Gasteiger charge is 2.70. The van der Waals surface area contributed by atoms with Crippen molar-refractivity contribution in [1.82, 2.24) is 9.80 Å². The fourth-order valence-corrected chi connectivity index (χ4v) is 3.64. The fraction of sp³-hybridized carbons (Fsp3) is 0.579. The van der Waals surface area contributed by atoms with Crippen molar-refractivity contribution in [3.05, 3.63) is 29.8 Å². The maximum absolute atomic E-state index is 15.1. The Morgan fingerprint density at radius 3 is 2.37 bits per heavy atom. The first-order valence-electron chi connectivity index (χ1n) is 9.19. The van der Waals surface area contributed by atoms with Crippen LogP contribution >= 0.6 is 0 Å². The summed E-state index contributed by atoms with van der Waals surface area (Å²) in [6.07, 6.45) is -4.27. The Balaban J connectivity index is 0.000000396. The van der Waals surface area contributed by atoms with Gasteiger partial charge in [-0.2, -0.15) is 13.2 Å². The molecule has 1 N–H and O–H groups in total. The molecule has 0 aliphatic carbocycles. The third-order valence-corrected chi connectivity index (χ3v) is 4.98. The van der Waals surface area contributed by atoms with Gasteiger partial charge >= 0.3 is 12.1 Å². The number of aliphatic carboxylic acids is 1. The van der Waals surface area contributed by atoms with Gasteiger partial charge in [-0.3, -0.25) is 9.69 Å². The van der Waals surface area contributed by atoms with Gasteiger partial charge in [-0.1, -0.05) is 19.1 Å². The summed E-state index contributed by atoms with van der Waals surface area (Å²) in [5.74, 6) is -2.83. The normalized spacial score (nSPS) is 26.2. The third-order valence-electron chi connectivity index (χ3n) is 4.98. The number of alkyl halides is 5. The zero-order valence-electron chi connectivity index (χ0n) is 16.5. The van der Waals surface area contributed by atoms with E-state index in [-0.39, 0.29) is 26.2 Å². The van der Waals surface area contributed by atoms with Crippen LogP contribution in [0.1, 0.15) is 18.9 Å². The minimum atomic E-state index is -5.08. The third kappa shape index (κ3) is 4.82. The van der Waals surface area contributed by atoms with E-state index in [1.165, 1.54) is 4.90 Å². The number of likely N-dealkylation sites (tertiary alicyclic amines) is 2. The van der Waals surface area contributed by atoms with Crippen molar-refractivity contribution >= 4 is 11.9 Å². The molecule has 30 heavy (non-hydrogen) atoms. The second-order valence-electron chi connectivity index (χ2n) is 7.29. The molecule has 11 heteroatoms. The molecular weight excluding hydrogens is 415 g/mol. The predicted octanol–water partition coefficient (Wildman–Crippen LogP) is 2.81. The summed E-state index contributed by atoms with van der Waals surface area (Å²) in [6.45, 7) is 2.41. The summed E-state index contributed by atoms with van der Waals surface area (Å²) in [5.41, 5.74) is -3.73. The first-order valence-corrected chi connectivity index (χ1v) is 9.19. The average Bonchev–Trinajstić information content (AvgIpc) is 3.00. The van der Waals surface area contributed by atoms with E-state index in [1.807, 2.05) is 13.0 Å². The smallest absolute Gasteiger partial charge is 0.490 e. The number of amides is 1. The molecule has 2 saturated heterocycles. The maximum atomic E-state index is 15.1. The predicted molar refractivity (Wildman–Crippen MR) is 96.5 cm³/mol. The van der Waals surface area contributed by atoms with E-state index in [1.54, 1.807) is 30.2 Å². The molecule has 1 aromatic carbocycles. The van der Waals surface area contributed by atoms with Crippen molar-refractivity contribution in [3.63, 3.8) is 0 Å². The van der Waals surface area contributed by atoms with Crippen LogP contribution in [0.25, 0.3) is 0 Å². The van der Waals surface area contributed by atoms with E-state index in [4.69, 9.17) is 14.6 Å². The van der Waals surface area contributed by atoms with Crippen molar-refractivity contribution in [3.8, 4) is 5.75 Å². The SMILES string of the molecule is CCCN1C[C@]2(F)CN(Cc3cccc(OC)c3)C(=O)[C@]2(F)C1.O=C(O)C(F)(F)F. The van der Waals surface area contributed by atoms with Crippen molar-refractivity contribution in [2.75, 3.05) is 33.3 Å². The molecular formula is C19H23F5N2O4. The van der Waals surface area contributed by atoms with Crippen molar-refractivity contribution in [2.24, 2.45) is 0 Å². The monoisotopic (exact) mass is 438 g/mol. The summed E-state index contributed by atoms with van der Waals surface area (Å²) >= 11 is 0. The van der Waals surface area contributed by atoms with Crippen LogP contribution in [-0.4, -0.2) is 77.6 Å². The fourth-order valence-electron chi connectivity index (χ4n) is 3.64. The van der Waals surface area contributed by atoms with E-state index in [0.717, 1.165) is 12.0 Å². The molecule has 2 atom stereocenters. The Morgan fingerprint density at radius 1 is 1.23 bits per heavy atom. The number of carbonyl (C=O) groups excluding carboxylic acids is 1. The van der Waals surface area contributed by atoms with Crippen LogP contribution < -0.4 is 4.74 Å². The minimum Gasteiger partial charge on any atom is -0.497 e. The number of carbonyl (C=O) groups is 2. The zero-order valence-corrected chi connectivity index (χ0v) is 16.5. The van der Waals surface area contributed by atoms with Crippen molar-refractivity contribution in [1.29, 1.82) is 0 Å². The lowest BCUT2D eigenvalue weighted by Crippen LogP contribution is -2.47. The van der Waals surface area contributed by atoms with Crippen LogP contribution in [-0.2, 0) is 16.1 Å². The molecule has 2 heterocycles. The zero-order chi connectivity index (χ0) is 22.7. The highest BCUT2D eigenvalue weighted by Crippen LogP contribution is 2.45. The van der Waals surface area contributed by atoms with Crippen LogP contribution in [0.4, 0.5) is 22.0 Å². The molecule has 0 saturated carbocycles. The first-order chi connectivity index (χ1) is 13.9. The molecule has 2 aliphatic heterocycles. The second kappa shape index (κ2) is 8.75. The van der Waals surface area contributed by atoms with Gasteiger partial charge in [0.1, 0.15) is 5.75 Å². The van der Waals surface area contributed by atoms with Crippen LogP contribution in [0.5, 0.6) is 5.75 Å². The Kier molecular flexibility index (Phi) is 6.95. The van der Waals surface area contributed by atoms with Crippen molar-refractivity contribution < 1.29 is 41.4 Å². The minimum absolute atomic E-state index is 0.0162. The van der Waals surface area contributed by atoms with Gasteiger partial charge in [-0.05, 0) is 30.7 Å². The van der Waals surface area contributed by atoms with Crippen LogP contribution in [0.3, 0.4) is 0 Å². The Morgan fingerprint density at radius 2 is 1.87 bits per heavy atom. The van der Waals surface area contributed by atoms with Gasteiger partial charge in [0.25, 0.3) is 5.91 Å². The van der Waals surface area contributed by atoms with E-state index < -0.39 is 29.4 Å². The highest BCUT2D eigenvalue weighted by molar-refractivity contribution is 5.90. The molecule has 2 fully saturated rings. The van der Waals surface area contributed by atoms with Gasteiger partial charge < -0.3 is 14.7 Å². The Hall–Kier alpha value is -2.43. The van der Waals surface area contributed by atoms with E-state index in [0.29, 0.717) is 12.3 Å². The number of carboxylic acid groups (broad SMARTS) is 1. The number of ether oxygens (including phenoxy) is 1. The average molecular weight is 438 g/mol. The number of rotatable bonds is 5. The quantitative estimate of drug-likeness (QED) is 0.716. The summed E-state index contributed by atoms with van der Waals surface area (Å²) in [6, 6.07) is 7.19. The lowest BCUT2D eigenvalue weighted by molar-refractivity contribution is -0.192. The standard InChI is InChI=1S/C17H22F2N2O2.C2HF3O2/c1-3-7-20-10-16(18)11-21(15(22)17(16,19)12-20)9-13-5-4-6-14(8-13)23-2;3-2(4,5)1(6)7/h4-6,8H,3,7,9-12H2,1-2H3;(H,6,7)/t16-,17+;/m0./s1. The Bertz CT molecular complexity index is 790. The number of methoxy groups -OCH3 is 1. The van der Waals surface area contributed by atoms with Crippen molar-refractivity contribution in [2.45, 2.75) is 37.4 Å². The van der Waals surface area contributed by atoms with Gasteiger partial charge in [-0.15, -0.1) is 0 Å². The lowest BCUT2D eigenvalue weighted by Gasteiger charge is -2.22. The van der Waals surface area contributed by atoms with Gasteiger partial charge in [0.2, 0.25) is 5.67 Å². The van der Waals surface area contributed by atoms with Crippen LogP contribution in [0, 0.1) is 0 Å². The lowest BCUT2D eigenvalue weighted by atomic mass is 9.93. The van der Waals surface area contributed by atoms with E-state index in [2.05, 4.69) is 0 Å². The molecule has 0 spiro atoms. The molecule has 0 radical (unpaired) electrons. The number of carboxylic acids is 1. The topological polar surface area (TPSA) is 70.1 Å². The first kappa shape index (κ1) is 23.8. The molecule has 1 aromatic rings. The maximum Gasteiger partial charge on any atom is 0.490 e. The van der Waals surface area contributed by atoms with Gasteiger partial charge in [-0.25, -0.2) is 13.6 Å². The molecule has 3 rings (SSSR count). The Labute approximate surface area is 170 Å².